The number of hydrogen-bond acceptors (Lipinski definition) is 8. The third kappa shape index (κ3) is 3.95. The molecule has 0 saturated carbocycles. The molecule has 0 bridgehead atoms. The smallest absolute Gasteiger partial charge is 0.319 e. The predicted octanol–water partition coefficient (Wildman–Crippen LogP) is 1.19. The standard InChI is InChI=1S/C23H30N8O3/c1-4-25-22(32)26-16-7-5-15(6-8-16)18-28-19-17(20(29-18)31-9-10-34-11-14(31)2)27-21(30(19)3)23(33)12-24-13-23/h5-8,14,24,33H,4,9-13H2,1-3H3,(H2,25,26,32). The number of aliphatic hydroxyl groups is 1. The quantitative estimate of drug-likeness (QED) is 0.441. The van der Waals surface area contributed by atoms with Crippen molar-refractivity contribution in [2.75, 3.05) is 49.6 Å². The summed E-state index contributed by atoms with van der Waals surface area (Å²) >= 11 is 0. The normalized spacial score (nSPS) is 19.6. The Labute approximate surface area is 197 Å². The number of anilines is 2. The Morgan fingerprint density at radius 2 is 2.03 bits per heavy atom. The summed E-state index contributed by atoms with van der Waals surface area (Å²) in [6, 6.07) is 7.30. The molecule has 0 radical (unpaired) electrons. The van der Waals surface area contributed by atoms with E-state index < -0.39 is 5.60 Å². The SMILES string of the molecule is CCNC(=O)Nc1ccc(-c2nc(N3CCOCC3C)c3nc(C4(O)CNC4)n(C)c3n2)cc1. The van der Waals surface area contributed by atoms with Crippen molar-refractivity contribution in [1.82, 2.24) is 30.2 Å². The fraction of sp³-hybridized carbons (Fsp3) is 0.478. The fourth-order valence-electron chi connectivity index (χ4n) is 4.39. The highest BCUT2D eigenvalue weighted by Crippen LogP contribution is 2.33. The van der Waals surface area contributed by atoms with Gasteiger partial charge in [0.1, 0.15) is 11.4 Å². The van der Waals surface area contributed by atoms with Crippen molar-refractivity contribution < 1.29 is 14.6 Å². The molecule has 4 N–H and O–H groups in total. The number of ether oxygens (including phenoxy) is 1. The number of aryl methyl sites for hydroxylation is 1. The van der Waals surface area contributed by atoms with E-state index in [1.165, 1.54) is 0 Å². The number of hydrogen-bond donors (Lipinski definition) is 4. The van der Waals surface area contributed by atoms with Crippen LogP contribution in [0.5, 0.6) is 0 Å². The van der Waals surface area contributed by atoms with Crippen molar-refractivity contribution in [2.24, 2.45) is 7.05 Å². The number of carbonyl (C=O) groups excluding carboxylic acids is 1. The average Bonchev–Trinajstić information content (AvgIpc) is 3.15. The molecule has 180 valence electrons. The van der Waals surface area contributed by atoms with Crippen LogP contribution in [0.3, 0.4) is 0 Å². The minimum Gasteiger partial charge on any atom is -0.379 e. The van der Waals surface area contributed by atoms with Gasteiger partial charge in [-0.25, -0.2) is 19.7 Å². The zero-order chi connectivity index (χ0) is 23.9. The van der Waals surface area contributed by atoms with Gasteiger partial charge in [0.2, 0.25) is 0 Å². The number of rotatable bonds is 5. The Hall–Kier alpha value is -3.28. The minimum absolute atomic E-state index is 0.127. The average molecular weight is 467 g/mol. The lowest BCUT2D eigenvalue weighted by molar-refractivity contribution is -0.0246. The van der Waals surface area contributed by atoms with Gasteiger partial charge in [0.25, 0.3) is 0 Å². The predicted molar refractivity (Wildman–Crippen MR) is 129 cm³/mol. The van der Waals surface area contributed by atoms with E-state index in [-0.39, 0.29) is 12.1 Å². The molecule has 1 unspecified atom stereocenters. The Morgan fingerprint density at radius 3 is 2.68 bits per heavy atom. The number of nitrogens with zero attached hydrogens (tertiary/aromatic N) is 5. The van der Waals surface area contributed by atoms with Gasteiger partial charge in [0, 0.05) is 44.5 Å². The van der Waals surface area contributed by atoms with Gasteiger partial charge in [-0.1, -0.05) is 0 Å². The number of imidazole rings is 1. The Bertz CT molecular complexity index is 1210. The van der Waals surface area contributed by atoms with E-state index in [0.717, 1.165) is 11.4 Å². The van der Waals surface area contributed by atoms with Crippen molar-refractivity contribution in [3.05, 3.63) is 30.1 Å². The number of aromatic nitrogens is 4. The number of urea groups is 1. The van der Waals surface area contributed by atoms with Crippen LogP contribution in [0.1, 0.15) is 19.7 Å². The first-order valence-corrected chi connectivity index (χ1v) is 11.6. The number of nitrogens with one attached hydrogen (secondary N) is 3. The van der Waals surface area contributed by atoms with Crippen LogP contribution in [0, 0.1) is 0 Å². The summed E-state index contributed by atoms with van der Waals surface area (Å²) in [4.78, 5) is 28.6. The van der Waals surface area contributed by atoms with Crippen molar-refractivity contribution in [1.29, 1.82) is 0 Å². The zero-order valence-corrected chi connectivity index (χ0v) is 19.6. The summed E-state index contributed by atoms with van der Waals surface area (Å²) in [5.74, 6) is 1.87. The number of amides is 2. The van der Waals surface area contributed by atoms with E-state index in [9.17, 15) is 9.90 Å². The summed E-state index contributed by atoms with van der Waals surface area (Å²) in [7, 11) is 1.88. The van der Waals surface area contributed by atoms with Crippen molar-refractivity contribution >= 4 is 28.7 Å². The van der Waals surface area contributed by atoms with Gasteiger partial charge in [0.15, 0.2) is 22.8 Å². The number of β-amino-alcohol motifs (C(OH)–C–C–N with tert-alkyl or cyclic N) is 1. The van der Waals surface area contributed by atoms with Crippen molar-refractivity contribution in [3.63, 3.8) is 0 Å². The number of fused-ring (bicyclic) bond motifs is 1. The van der Waals surface area contributed by atoms with Gasteiger partial charge in [0.05, 0.1) is 19.3 Å². The molecule has 0 spiro atoms. The van der Waals surface area contributed by atoms with Gasteiger partial charge in [-0.3, -0.25) is 0 Å². The highest BCUT2D eigenvalue weighted by atomic mass is 16.5. The van der Waals surface area contributed by atoms with Crippen LogP contribution in [0.15, 0.2) is 24.3 Å². The van der Waals surface area contributed by atoms with E-state index in [4.69, 9.17) is 19.7 Å². The van der Waals surface area contributed by atoms with Crippen LogP contribution in [0.4, 0.5) is 16.3 Å². The van der Waals surface area contributed by atoms with Crippen LogP contribution in [0.2, 0.25) is 0 Å². The molecule has 2 aliphatic heterocycles. The van der Waals surface area contributed by atoms with Crippen molar-refractivity contribution in [3.8, 4) is 11.4 Å². The number of carbonyl (C=O) groups is 1. The largest absolute Gasteiger partial charge is 0.379 e. The first-order chi connectivity index (χ1) is 16.4. The Balaban J connectivity index is 1.58. The van der Waals surface area contributed by atoms with E-state index in [1.54, 1.807) is 0 Å². The van der Waals surface area contributed by atoms with Crippen LogP contribution >= 0.6 is 0 Å². The van der Waals surface area contributed by atoms with E-state index in [1.807, 2.05) is 42.8 Å². The second-order valence-corrected chi connectivity index (χ2v) is 8.85. The third-order valence-corrected chi connectivity index (χ3v) is 6.33. The molecular weight excluding hydrogens is 436 g/mol. The molecule has 34 heavy (non-hydrogen) atoms. The van der Waals surface area contributed by atoms with Crippen LogP contribution in [-0.4, -0.2) is 76.1 Å². The van der Waals surface area contributed by atoms with E-state index in [0.29, 0.717) is 67.9 Å². The first-order valence-electron chi connectivity index (χ1n) is 11.6. The van der Waals surface area contributed by atoms with Gasteiger partial charge >= 0.3 is 6.03 Å². The van der Waals surface area contributed by atoms with E-state index >= 15 is 0 Å². The van der Waals surface area contributed by atoms with Crippen molar-refractivity contribution in [2.45, 2.75) is 25.5 Å². The van der Waals surface area contributed by atoms with Gasteiger partial charge in [-0.05, 0) is 38.1 Å². The molecular formula is C23H30N8O3. The van der Waals surface area contributed by atoms with Gasteiger partial charge in [-0.2, -0.15) is 0 Å². The highest BCUT2D eigenvalue weighted by molar-refractivity contribution is 5.90. The topological polar surface area (TPSA) is 129 Å². The molecule has 4 heterocycles. The molecule has 0 aliphatic carbocycles. The zero-order valence-electron chi connectivity index (χ0n) is 19.6. The van der Waals surface area contributed by atoms with E-state index in [2.05, 4.69) is 27.8 Å². The molecule has 1 atom stereocenters. The first kappa shape index (κ1) is 22.5. The summed E-state index contributed by atoms with van der Waals surface area (Å²) in [5, 5.41) is 19.6. The van der Waals surface area contributed by atoms with Crippen LogP contribution in [-0.2, 0) is 17.4 Å². The summed E-state index contributed by atoms with van der Waals surface area (Å²) in [5.41, 5.74) is 1.82. The molecule has 2 saturated heterocycles. The molecule has 5 rings (SSSR count). The van der Waals surface area contributed by atoms with Gasteiger partial charge < -0.3 is 35.3 Å². The number of benzene rings is 1. The molecule has 2 fully saturated rings. The molecule has 3 aromatic rings. The fourth-order valence-corrected chi connectivity index (χ4v) is 4.39. The molecule has 2 aliphatic rings. The van der Waals surface area contributed by atoms with Crippen LogP contribution in [0.25, 0.3) is 22.6 Å². The molecule has 1 aromatic carbocycles. The summed E-state index contributed by atoms with van der Waals surface area (Å²) in [6.45, 7) is 7.34. The molecule has 11 heteroatoms. The lowest BCUT2D eigenvalue weighted by Crippen LogP contribution is -2.57. The summed E-state index contributed by atoms with van der Waals surface area (Å²) in [6.07, 6.45) is 0. The molecule has 11 nitrogen and oxygen atoms in total. The Kier molecular flexibility index (Phi) is 5.84. The van der Waals surface area contributed by atoms with Crippen LogP contribution < -0.4 is 20.9 Å². The highest BCUT2D eigenvalue weighted by Gasteiger charge is 2.41. The minimum atomic E-state index is -1.02. The maximum absolute atomic E-state index is 11.8. The lowest BCUT2D eigenvalue weighted by Gasteiger charge is -2.36. The summed E-state index contributed by atoms with van der Waals surface area (Å²) < 4.78 is 7.50. The Morgan fingerprint density at radius 1 is 1.26 bits per heavy atom. The third-order valence-electron chi connectivity index (χ3n) is 6.33. The molecule has 2 amide bonds. The monoisotopic (exact) mass is 466 g/mol. The lowest BCUT2D eigenvalue weighted by atomic mass is 9.96. The number of morpholine rings is 1. The second-order valence-electron chi connectivity index (χ2n) is 8.85. The molecule has 2 aromatic heterocycles. The maximum Gasteiger partial charge on any atom is 0.319 e. The van der Waals surface area contributed by atoms with Gasteiger partial charge in [-0.15, -0.1) is 0 Å². The maximum atomic E-state index is 11.8. The second kappa shape index (κ2) is 8.82.